The van der Waals surface area contributed by atoms with E-state index in [0.29, 0.717) is 12.5 Å². The van der Waals surface area contributed by atoms with Crippen molar-refractivity contribution in [1.82, 2.24) is 0 Å². The van der Waals surface area contributed by atoms with Gasteiger partial charge in [-0.15, -0.1) is 24.0 Å². The van der Waals surface area contributed by atoms with Crippen LogP contribution in [-0.4, -0.2) is 12.5 Å². The summed E-state index contributed by atoms with van der Waals surface area (Å²) in [5.41, 5.74) is 10.8. The highest BCUT2D eigenvalue weighted by atomic mass is 127. The summed E-state index contributed by atoms with van der Waals surface area (Å²) >= 11 is 0. The topological polar surface area (TPSA) is 50.4 Å². The summed E-state index contributed by atoms with van der Waals surface area (Å²) in [7, 11) is 0. The lowest BCUT2D eigenvalue weighted by atomic mass is 10.1. The minimum Gasteiger partial charge on any atom is -0.370 e. The van der Waals surface area contributed by atoms with E-state index in [-0.39, 0.29) is 24.0 Å². The molecule has 3 N–H and O–H groups in total. The highest BCUT2D eigenvalue weighted by Crippen LogP contribution is 2.09. The first-order valence-electron chi connectivity index (χ1n) is 7.39. The van der Waals surface area contributed by atoms with Crippen molar-refractivity contribution in [2.24, 2.45) is 10.7 Å². The molecule has 0 amide bonds. The largest absolute Gasteiger partial charge is 0.370 e. The Morgan fingerprint density at radius 2 is 1.59 bits per heavy atom. The van der Waals surface area contributed by atoms with Crippen LogP contribution >= 0.6 is 24.0 Å². The van der Waals surface area contributed by atoms with Gasteiger partial charge in [-0.05, 0) is 43.0 Å². The molecular formula is C18H24IN3. The highest BCUT2D eigenvalue weighted by Gasteiger charge is 1.96. The molecule has 0 aliphatic heterocycles. The van der Waals surface area contributed by atoms with Crippen LogP contribution in [-0.2, 0) is 12.8 Å². The summed E-state index contributed by atoms with van der Waals surface area (Å²) in [6, 6.07) is 16.8. The standard InChI is InChI=1S/C18H23N3.HI/c1-3-15-8-10-17(11-9-15)21-18(19)20-13-12-16-6-4-14(2)5-7-16;/h4-11H,3,12-13H2,1-2H3,(H3,19,20,21);1H. The Morgan fingerprint density at radius 3 is 2.18 bits per heavy atom. The lowest BCUT2D eigenvalue weighted by Gasteiger charge is -2.06. The van der Waals surface area contributed by atoms with E-state index in [0.717, 1.165) is 18.5 Å². The molecule has 2 rings (SSSR count). The molecule has 0 aromatic heterocycles. The van der Waals surface area contributed by atoms with Crippen molar-refractivity contribution in [3.63, 3.8) is 0 Å². The number of hydrogen-bond acceptors (Lipinski definition) is 1. The third kappa shape index (κ3) is 6.05. The number of aryl methyl sites for hydroxylation is 2. The Kier molecular flexibility index (Phi) is 7.95. The molecular weight excluding hydrogens is 385 g/mol. The first-order chi connectivity index (χ1) is 10.2. The zero-order valence-electron chi connectivity index (χ0n) is 13.2. The molecule has 0 saturated heterocycles. The number of nitrogens with two attached hydrogens (primary N) is 1. The van der Waals surface area contributed by atoms with Crippen molar-refractivity contribution in [2.75, 3.05) is 11.9 Å². The maximum Gasteiger partial charge on any atom is 0.193 e. The number of nitrogens with one attached hydrogen (secondary N) is 1. The van der Waals surface area contributed by atoms with Gasteiger partial charge in [0.1, 0.15) is 0 Å². The first kappa shape index (κ1) is 18.5. The zero-order chi connectivity index (χ0) is 15.1. The summed E-state index contributed by atoms with van der Waals surface area (Å²) < 4.78 is 0. The number of benzene rings is 2. The minimum absolute atomic E-state index is 0. The molecule has 0 unspecified atom stereocenters. The average molecular weight is 409 g/mol. The fraction of sp³-hybridized carbons (Fsp3) is 0.278. The van der Waals surface area contributed by atoms with Crippen LogP contribution < -0.4 is 11.1 Å². The van der Waals surface area contributed by atoms with E-state index in [2.05, 4.69) is 60.6 Å². The molecule has 2 aromatic carbocycles. The zero-order valence-corrected chi connectivity index (χ0v) is 15.5. The molecule has 0 atom stereocenters. The first-order valence-corrected chi connectivity index (χ1v) is 7.39. The number of rotatable bonds is 5. The van der Waals surface area contributed by atoms with E-state index < -0.39 is 0 Å². The molecule has 0 radical (unpaired) electrons. The molecule has 0 fully saturated rings. The lowest BCUT2D eigenvalue weighted by molar-refractivity contribution is 0.964. The minimum atomic E-state index is 0. The summed E-state index contributed by atoms with van der Waals surface area (Å²) in [6.45, 7) is 4.92. The number of halogens is 1. The van der Waals surface area contributed by atoms with Crippen molar-refractivity contribution in [3.05, 3.63) is 65.2 Å². The number of nitrogens with zero attached hydrogens (tertiary/aromatic N) is 1. The molecule has 3 nitrogen and oxygen atoms in total. The summed E-state index contributed by atoms with van der Waals surface area (Å²) in [4.78, 5) is 4.36. The molecule has 0 bridgehead atoms. The van der Waals surface area contributed by atoms with Crippen LogP contribution in [0.3, 0.4) is 0 Å². The Morgan fingerprint density at radius 1 is 1.00 bits per heavy atom. The van der Waals surface area contributed by atoms with Crippen molar-refractivity contribution in [1.29, 1.82) is 0 Å². The molecule has 4 heteroatoms. The quantitative estimate of drug-likeness (QED) is 0.443. The predicted octanol–water partition coefficient (Wildman–Crippen LogP) is 4.14. The Bertz CT molecular complexity index is 589. The third-order valence-corrected chi connectivity index (χ3v) is 3.44. The SMILES string of the molecule is CCc1ccc(NC(N)=NCCc2ccc(C)cc2)cc1.I. The lowest BCUT2D eigenvalue weighted by Crippen LogP contribution is -2.23. The second kappa shape index (κ2) is 9.46. The number of anilines is 1. The van der Waals surface area contributed by atoms with Gasteiger partial charge >= 0.3 is 0 Å². The van der Waals surface area contributed by atoms with Crippen LogP contribution in [0.2, 0.25) is 0 Å². The predicted molar refractivity (Wildman–Crippen MR) is 106 cm³/mol. The van der Waals surface area contributed by atoms with E-state index in [1.165, 1.54) is 16.7 Å². The van der Waals surface area contributed by atoms with Crippen LogP contribution in [0.1, 0.15) is 23.6 Å². The van der Waals surface area contributed by atoms with Gasteiger partial charge in [-0.3, -0.25) is 4.99 Å². The summed E-state index contributed by atoms with van der Waals surface area (Å²) in [6.07, 6.45) is 1.94. The molecule has 0 aliphatic carbocycles. The Labute approximate surface area is 150 Å². The second-order valence-electron chi connectivity index (χ2n) is 5.18. The normalized spacial score (nSPS) is 10.9. The van der Waals surface area contributed by atoms with Crippen molar-refractivity contribution < 1.29 is 0 Å². The molecule has 118 valence electrons. The maximum atomic E-state index is 5.90. The van der Waals surface area contributed by atoms with Gasteiger partial charge in [-0.1, -0.05) is 48.9 Å². The smallest absolute Gasteiger partial charge is 0.193 e. The number of hydrogen-bond donors (Lipinski definition) is 2. The van der Waals surface area contributed by atoms with Crippen LogP contribution in [0.5, 0.6) is 0 Å². The molecule has 0 saturated carbocycles. The van der Waals surface area contributed by atoms with Crippen LogP contribution in [0.25, 0.3) is 0 Å². The fourth-order valence-electron chi connectivity index (χ4n) is 2.07. The van der Waals surface area contributed by atoms with Gasteiger partial charge in [0.15, 0.2) is 5.96 Å². The number of aliphatic imine (C=N–C) groups is 1. The van der Waals surface area contributed by atoms with Gasteiger partial charge < -0.3 is 11.1 Å². The second-order valence-corrected chi connectivity index (χ2v) is 5.18. The molecule has 0 heterocycles. The van der Waals surface area contributed by atoms with E-state index in [9.17, 15) is 0 Å². The van der Waals surface area contributed by atoms with E-state index in [1.54, 1.807) is 0 Å². The van der Waals surface area contributed by atoms with Gasteiger partial charge in [0.25, 0.3) is 0 Å². The Balaban J connectivity index is 0.00000242. The maximum absolute atomic E-state index is 5.90. The number of guanidine groups is 1. The van der Waals surface area contributed by atoms with Gasteiger partial charge in [0.2, 0.25) is 0 Å². The summed E-state index contributed by atoms with van der Waals surface area (Å²) in [5.74, 6) is 0.464. The molecule has 22 heavy (non-hydrogen) atoms. The van der Waals surface area contributed by atoms with Gasteiger partial charge in [-0.25, -0.2) is 0 Å². The molecule has 0 aliphatic rings. The average Bonchev–Trinajstić information content (AvgIpc) is 2.50. The van der Waals surface area contributed by atoms with Crippen LogP contribution in [0, 0.1) is 6.92 Å². The highest BCUT2D eigenvalue weighted by molar-refractivity contribution is 14.0. The van der Waals surface area contributed by atoms with Crippen LogP contribution in [0.15, 0.2) is 53.5 Å². The van der Waals surface area contributed by atoms with Crippen molar-refractivity contribution in [2.45, 2.75) is 26.7 Å². The van der Waals surface area contributed by atoms with Crippen LogP contribution in [0.4, 0.5) is 5.69 Å². The monoisotopic (exact) mass is 409 g/mol. The Hall–Kier alpha value is -1.56. The van der Waals surface area contributed by atoms with Crippen molar-refractivity contribution in [3.8, 4) is 0 Å². The summed E-state index contributed by atoms with van der Waals surface area (Å²) in [5, 5.41) is 3.12. The molecule has 0 spiro atoms. The van der Waals surface area contributed by atoms with E-state index in [4.69, 9.17) is 5.73 Å². The van der Waals surface area contributed by atoms with Gasteiger partial charge in [0, 0.05) is 12.2 Å². The van der Waals surface area contributed by atoms with E-state index in [1.807, 2.05) is 12.1 Å². The van der Waals surface area contributed by atoms with Crippen molar-refractivity contribution >= 4 is 35.6 Å². The van der Waals surface area contributed by atoms with E-state index >= 15 is 0 Å². The fourth-order valence-corrected chi connectivity index (χ4v) is 2.07. The van der Waals surface area contributed by atoms with Gasteiger partial charge in [0.05, 0.1) is 0 Å². The van der Waals surface area contributed by atoms with Gasteiger partial charge in [-0.2, -0.15) is 0 Å². The molecule has 2 aromatic rings. The third-order valence-electron chi connectivity index (χ3n) is 3.44.